The van der Waals surface area contributed by atoms with Gasteiger partial charge in [-0.15, -0.1) is 0 Å². The Kier molecular flexibility index (Phi) is 6.01. The SMILES string of the molecule is O=C(Cl)CC(CC(=O)Cl)C(=S)Cl. The van der Waals surface area contributed by atoms with Crippen LogP contribution in [0.3, 0.4) is 0 Å². The average molecular weight is 248 g/mol. The highest BCUT2D eigenvalue weighted by molar-refractivity contribution is 7.83. The lowest BCUT2D eigenvalue weighted by atomic mass is 10.1. The molecule has 0 spiro atoms. The Morgan fingerprint density at radius 2 is 1.42 bits per heavy atom. The van der Waals surface area contributed by atoms with Gasteiger partial charge in [0.2, 0.25) is 10.5 Å². The van der Waals surface area contributed by atoms with Crippen molar-refractivity contribution in [2.75, 3.05) is 0 Å². The monoisotopic (exact) mass is 246 g/mol. The number of rotatable bonds is 5. The molecule has 0 heterocycles. The lowest BCUT2D eigenvalue weighted by Crippen LogP contribution is -2.13. The Hall–Kier alpha value is 0.300. The molecule has 0 aromatic heterocycles. The van der Waals surface area contributed by atoms with Gasteiger partial charge in [-0.3, -0.25) is 9.59 Å². The molecule has 0 aromatic carbocycles. The highest BCUT2D eigenvalue weighted by Crippen LogP contribution is 2.17. The summed E-state index contributed by atoms with van der Waals surface area (Å²) in [6.45, 7) is 0. The van der Waals surface area contributed by atoms with Crippen LogP contribution in [0.4, 0.5) is 0 Å². The molecule has 0 rings (SSSR count). The molecular weight excluding hydrogens is 242 g/mol. The minimum Gasteiger partial charge on any atom is -0.281 e. The van der Waals surface area contributed by atoms with E-state index < -0.39 is 16.4 Å². The second-order valence-electron chi connectivity index (χ2n) is 2.12. The van der Waals surface area contributed by atoms with E-state index in [0.29, 0.717) is 0 Å². The molecular formula is C6H5Cl3O2S. The van der Waals surface area contributed by atoms with Crippen LogP contribution in [0.25, 0.3) is 0 Å². The van der Waals surface area contributed by atoms with E-state index in [0.717, 1.165) is 0 Å². The van der Waals surface area contributed by atoms with Crippen molar-refractivity contribution < 1.29 is 9.59 Å². The number of hydrogen-bond donors (Lipinski definition) is 0. The molecule has 12 heavy (non-hydrogen) atoms. The summed E-state index contributed by atoms with van der Waals surface area (Å²) in [5.41, 5.74) is 0. The number of carbonyl (C=O) groups excluding carboxylic acids is 2. The zero-order chi connectivity index (χ0) is 9.72. The molecule has 0 amide bonds. The van der Waals surface area contributed by atoms with Crippen molar-refractivity contribution in [3.63, 3.8) is 0 Å². The van der Waals surface area contributed by atoms with Gasteiger partial charge in [-0.05, 0) is 23.2 Å². The van der Waals surface area contributed by atoms with Gasteiger partial charge in [-0.2, -0.15) is 0 Å². The predicted molar refractivity (Wildman–Crippen MR) is 52.9 cm³/mol. The minimum atomic E-state index is -0.582. The van der Waals surface area contributed by atoms with E-state index in [4.69, 9.17) is 34.8 Å². The molecule has 0 aliphatic carbocycles. The van der Waals surface area contributed by atoms with Crippen LogP contribution in [-0.2, 0) is 9.59 Å². The van der Waals surface area contributed by atoms with Gasteiger partial charge >= 0.3 is 0 Å². The zero-order valence-electron chi connectivity index (χ0n) is 5.85. The van der Waals surface area contributed by atoms with Gasteiger partial charge in [0, 0.05) is 18.8 Å². The molecule has 0 atom stereocenters. The number of hydrogen-bond acceptors (Lipinski definition) is 3. The van der Waals surface area contributed by atoms with E-state index >= 15 is 0 Å². The Labute approximate surface area is 90.2 Å². The van der Waals surface area contributed by atoms with Gasteiger partial charge in [0.1, 0.15) is 0 Å². The molecule has 0 aliphatic rings. The summed E-state index contributed by atoms with van der Waals surface area (Å²) in [5.74, 6) is -0.531. The van der Waals surface area contributed by atoms with E-state index in [1.54, 1.807) is 0 Å². The van der Waals surface area contributed by atoms with E-state index in [1.807, 2.05) is 0 Å². The van der Waals surface area contributed by atoms with Crippen molar-refractivity contribution in [3.8, 4) is 0 Å². The van der Waals surface area contributed by atoms with Crippen LogP contribution in [0.15, 0.2) is 0 Å². The Morgan fingerprint density at radius 1 is 1.08 bits per heavy atom. The van der Waals surface area contributed by atoms with E-state index in [9.17, 15) is 9.59 Å². The van der Waals surface area contributed by atoms with E-state index in [1.165, 1.54) is 0 Å². The minimum absolute atomic E-state index is 0.0532. The van der Waals surface area contributed by atoms with Gasteiger partial charge in [-0.25, -0.2) is 0 Å². The van der Waals surface area contributed by atoms with Crippen molar-refractivity contribution in [2.24, 2.45) is 5.92 Å². The molecule has 6 heteroatoms. The van der Waals surface area contributed by atoms with Crippen molar-refractivity contribution in [2.45, 2.75) is 12.8 Å². The molecule has 0 radical (unpaired) electrons. The standard InChI is InChI=1S/C6H5Cl3O2S/c7-4(10)1-3(6(9)12)2-5(8)11/h3H,1-2H2. The second-order valence-corrected chi connectivity index (χ2v) is 4.03. The highest BCUT2D eigenvalue weighted by Gasteiger charge is 2.18. The average Bonchev–Trinajstić information content (AvgIpc) is 1.83. The molecule has 0 saturated carbocycles. The van der Waals surface area contributed by atoms with Crippen LogP contribution in [0, 0.1) is 5.92 Å². The number of carbonyl (C=O) groups is 2. The molecule has 0 N–H and O–H groups in total. The third-order valence-electron chi connectivity index (χ3n) is 1.13. The maximum absolute atomic E-state index is 10.4. The van der Waals surface area contributed by atoms with Crippen molar-refractivity contribution in [1.82, 2.24) is 0 Å². The van der Waals surface area contributed by atoms with E-state index in [-0.39, 0.29) is 17.2 Å². The first kappa shape index (κ1) is 12.3. The van der Waals surface area contributed by atoms with Crippen molar-refractivity contribution in [3.05, 3.63) is 0 Å². The van der Waals surface area contributed by atoms with Gasteiger partial charge < -0.3 is 0 Å². The molecule has 0 aliphatic heterocycles. The Balaban J connectivity index is 4.14. The van der Waals surface area contributed by atoms with Gasteiger partial charge in [0.25, 0.3) is 0 Å². The first-order valence-corrected chi connectivity index (χ1v) is 4.53. The summed E-state index contributed by atoms with van der Waals surface area (Å²) >= 11 is 20.2. The van der Waals surface area contributed by atoms with Gasteiger partial charge in [0.15, 0.2) is 0 Å². The number of thiocarbonyl (C=S) groups is 1. The van der Waals surface area contributed by atoms with Crippen LogP contribution >= 0.6 is 47.0 Å². The smallest absolute Gasteiger partial charge is 0.222 e. The maximum atomic E-state index is 10.4. The predicted octanol–water partition coefficient (Wildman–Crippen LogP) is 2.48. The molecule has 0 fully saturated rings. The van der Waals surface area contributed by atoms with E-state index in [2.05, 4.69) is 12.2 Å². The van der Waals surface area contributed by atoms with Crippen LogP contribution in [0.5, 0.6) is 0 Å². The summed E-state index contributed by atoms with van der Waals surface area (Å²) < 4.78 is 0.0537. The van der Waals surface area contributed by atoms with Gasteiger partial charge in [0.05, 0.1) is 4.32 Å². The van der Waals surface area contributed by atoms with Crippen LogP contribution in [0.2, 0.25) is 0 Å². The van der Waals surface area contributed by atoms with Gasteiger partial charge in [-0.1, -0.05) is 23.8 Å². The Bertz CT molecular complexity index is 201. The zero-order valence-corrected chi connectivity index (χ0v) is 8.93. The van der Waals surface area contributed by atoms with Crippen molar-refractivity contribution >= 4 is 61.8 Å². The molecule has 2 nitrogen and oxygen atoms in total. The summed E-state index contributed by atoms with van der Waals surface area (Å²) in [5, 5.41) is -1.16. The molecule has 0 aromatic rings. The van der Waals surface area contributed by atoms with Crippen LogP contribution < -0.4 is 0 Å². The summed E-state index contributed by atoms with van der Waals surface area (Å²) in [6.07, 6.45) is -0.106. The fraction of sp³-hybridized carbons (Fsp3) is 0.500. The largest absolute Gasteiger partial charge is 0.281 e. The Morgan fingerprint density at radius 3 is 1.58 bits per heavy atom. The maximum Gasteiger partial charge on any atom is 0.222 e. The van der Waals surface area contributed by atoms with Crippen LogP contribution in [-0.4, -0.2) is 14.8 Å². The van der Waals surface area contributed by atoms with Crippen LogP contribution in [0.1, 0.15) is 12.8 Å². The van der Waals surface area contributed by atoms with Crippen molar-refractivity contribution in [1.29, 1.82) is 0 Å². The fourth-order valence-corrected chi connectivity index (χ4v) is 1.31. The molecule has 0 saturated heterocycles. The second kappa shape index (κ2) is 5.86. The normalized spacial score (nSPS) is 10.0. The highest BCUT2D eigenvalue weighted by atomic mass is 35.5. The molecule has 0 bridgehead atoms. The summed E-state index contributed by atoms with van der Waals surface area (Å²) in [7, 11) is 0. The lowest BCUT2D eigenvalue weighted by Gasteiger charge is -2.07. The third kappa shape index (κ3) is 5.89. The number of halogens is 3. The first-order chi connectivity index (χ1) is 5.43. The lowest BCUT2D eigenvalue weighted by molar-refractivity contribution is -0.113. The first-order valence-electron chi connectivity index (χ1n) is 2.99. The quantitative estimate of drug-likeness (QED) is 0.553. The molecule has 68 valence electrons. The third-order valence-corrected chi connectivity index (χ3v) is 2.09. The topological polar surface area (TPSA) is 34.1 Å². The summed E-state index contributed by atoms with van der Waals surface area (Å²) in [4.78, 5) is 20.9. The summed E-state index contributed by atoms with van der Waals surface area (Å²) in [6, 6.07) is 0. The molecule has 0 unspecified atom stereocenters. The fourth-order valence-electron chi connectivity index (χ4n) is 0.620.